The zero-order valence-electron chi connectivity index (χ0n) is 14.9. The molecule has 0 aliphatic rings. The smallest absolute Gasteiger partial charge is 0.343 e. The van der Waals surface area contributed by atoms with Crippen molar-refractivity contribution in [2.45, 2.75) is 6.92 Å². The monoisotopic (exact) mass is 437 g/mol. The van der Waals surface area contributed by atoms with Gasteiger partial charge in [-0.3, -0.25) is 9.78 Å². The first kappa shape index (κ1) is 19.4. The molecule has 0 bridgehead atoms. The van der Waals surface area contributed by atoms with Crippen molar-refractivity contribution < 1.29 is 14.3 Å². The van der Waals surface area contributed by atoms with Crippen molar-refractivity contribution in [3.05, 3.63) is 93.7 Å². The van der Waals surface area contributed by atoms with Crippen molar-refractivity contribution in [2.24, 2.45) is 5.10 Å². The van der Waals surface area contributed by atoms with Crippen LogP contribution >= 0.6 is 15.9 Å². The fourth-order valence-electron chi connectivity index (χ4n) is 2.39. The number of carbonyl (C=O) groups is 2. The van der Waals surface area contributed by atoms with E-state index in [2.05, 4.69) is 31.4 Å². The van der Waals surface area contributed by atoms with Crippen molar-refractivity contribution >= 4 is 34.0 Å². The maximum absolute atomic E-state index is 12.5. The van der Waals surface area contributed by atoms with Gasteiger partial charge in [-0.05, 0) is 48.9 Å². The Balaban J connectivity index is 1.76. The van der Waals surface area contributed by atoms with E-state index in [0.29, 0.717) is 22.4 Å². The average molecular weight is 438 g/mol. The summed E-state index contributed by atoms with van der Waals surface area (Å²) >= 11 is 3.38. The van der Waals surface area contributed by atoms with E-state index in [4.69, 9.17) is 4.74 Å². The standard InChI is InChI=1S/C21H16BrN3O3/c1-14-5-2-3-7-18(14)21(27)28-19-9-8-17(22)11-16(19)13-24-25-20(26)15-6-4-10-23-12-15/h2-13H,1H3,(H,25,26)/b24-13+. The zero-order chi connectivity index (χ0) is 19.9. The summed E-state index contributed by atoms with van der Waals surface area (Å²) in [7, 11) is 0. The summed E-state index contributed by atoms with van der Waals surface area (Å²) in [5, 5.41) is 3.95. The molecule has 0 aliphatic carbocycles. The van der Waals surface area contributed by atoms with Crippen molar-refractivity contribution in [2.75, 3.05) is 0 Å². The third-order valence-corrected chi connectivity index (χ3v) is 4.33. The Hall–Kier alpha value is -3.32. The number of hydrogen-bond acceptors (Lipinski definition) is 5. The molecular formula is C21H16BrN3O3. The molecule has 0 saturated carbocycles. The van der Waals surface area contributed by atoms with Crippen LogP contribution in [0, 0.1) is 6.92 Å². The lowest BCUT2D eigenvalue weighted by molar-refractivity contribution is 0.0733. The van der Waals surface area contributed by atoms with Crippen LogP contribution in [0.15, 0.2) is 76.6 Å². The molecule has 6 nitrogen and oxygen atoms in total. The average Bonchev–Trinajstić information content (AvgIpc) is 2.70. The number of halogens is 1. The summed E-state index contributed by atoms with van der Waals surface area (Å²) in [4.78, 5) is 28.4. The SMILES string of the molecule is Cc1ccccc1C(=O)Oc1ccc(Br)cc1/C=N/NC(=O)c1cccnc1. The topological polar surface area (TPSA) is 80.6 Å². The molecule has 1 N–H and O–H groups in total. The van der Waals surface area contributed by atoms with Gasteiger partial charge in [0.1, 0.15) is 5.75 Å². The Morgan fingerprint density at radius 3 is 2.71 bits per heavy atom. The number of esters is 1. The van der Waals surface area contributed by atoms with Crippen molar-refractivity contribution in [1.29, 1.82) is 0 Å². The molecule has 3 rings (SSSR count). The Morgan fingerprint density at radius 2 is 1.96 bits per heavy atom. The van der Waals surface area contributed by atoms with Gasteiger partial charge in [0.25, 0.3) is 5.91 Å². The second-order valence-electron chi connectivity index (χ2n) is 5.83. The fourth-order valence-corrected chi connectivity index (χ4v) is 2.77. The molecule has 140 valence electrons. The van der Waals surface area contributed by atoms with E-state index in [0.717, 1.165) is 10.0 Å². The predicted octanol–water partition coefficient (Wildman–Crippen LogP) is 4.14. The van der Waals surface area contributed by atoms with E-state index in [1.807, 2.05) is 19.1 Å². The van der Waals surface area contributed by atoms with Gasteiger partial charge in [-0.25, -0.2) is 10.2 Å². The Bertz CT molecular complexity index is 1040. The molecule has 0 spiro atoms. The number of aromatic nitrogens is 1. The van der Waals surface area contributed by atoms with E-state index in [9.17, 15) is 9.59 Å². The molecule has 0 fully saturated rings. The third kappa shape index (κ3) is 4.89. The first-order valence-corrected chi connectivity index (χ1v) is 9.14. The molecule has 28 heavy (non-hydrogen) atoms. The van der Waals surface area contributed by atoms with Crippen LogP contribution in [0.3, 0.4) is 0 Å². The summed E-state index contributed by atoms with van der Waals surface area (Å²) in [6.45, 7) is 1.84. The summed E-state index contributed by atoms with van der Waals surface area (Å²) in [6.07, 6.45) is 4.44. The molecule has 3 aromatic rings. The van der Waals surface area contributed by atoms with Gasteiger partial charge in [0.2, 0.25) is 0 Å². The number of pyridine rings is 1. The molecule has 0 unspecified atom stereocenters. The number of benzene rings is 2. The number of nitrogens with one attached hydrogen (secondary N) is 1. The van der Waals surface area contributed by atoms with Crippen LogP contribution in [0.2, 0.25) is 0 Å². The number of hydrazone groups is 1. The van der Waals surface area contributed by atoms with Crippen LogP contribution in [0.5, 0.6) is 5.75 Å². The number of nitrogens with zero attached hydrogens (tertiary/aromatic N) is 2. The maximum atomic E-state index is 12.5. The lowest BCUT2D eigenvalue weighted by Gasteiger charge is -2.09. The minimum absolute atomic E-state index is 0.329. The van der Waals surface area contributed by atoms with Gasteiger partial charge in [-0.2, -0.15) is 5.10 Å². The van der Waals surface area contributed by atoms with E-state index < -0.39 is 11.9 Å². The summed E-state index contributed by atoms with van der Waals surface area (Å²) in [5.74, 6) is -0.525. The van der Waals surface area contributed by atoms with Gasteiger partial charge in [0, 0.05) is 22.4 Å². The summed E-state index contributed by atoms with van der Waals surface area (Å²) in [6, 6.07) is 15.6. The Kier molecular flexibility index (Phi) is 6.29. The quantitative estimate of drug-likeness (QED) is 0.281. The van der Waals surface area contributed by atoms with Gasteiger partial charge >= 0.3 is 5.97 Å². The lowest BCUT2D eigenvalue weighted by Crippen LogP contribution is -2.18. The largest absolute Gasteiger partial charge is 0.422 e. The molecule has 7 heteroatoms. The molecule has 0 saturated heterocycles. The van der Waals surface area contributed by atoms with E-state index in [1.54, 1.807) is 48.7 Å². The van der Waals surface area contributed by atoms with Crippen LogP contribution in [-0.4, -0.2) is 23.1 Å². The molecule has 1 aromatic heterocycles. The van der Waals surface area contributed by atoms with Gasteiger partial charge in [0.05, 0.1) is 17.3 Å². The number of carbonyl (C=O) groups excluding carboxylic acids is 2. The second kappa shape index (κ2) is 9.05. The number of rotatable bonds is 5. The molecule has 2 aromatic carbocycles. The van der Waals surface area contributed by atoms with Crippen molar-refractivity contribution in [3.63, 3.8) is 0 Å². The van der Waals surface area contributed by atoms with Crippen LogP contribution in [0.4, 0.5) is 0 Å². The highest BCUT2D eigenvalue weighted by atomic mass is 79.9. The van der Waals surface area contributed by atoms with Crippen molar-refractivity contribution in [3.8, 4) is 5.75 Å². The third-order valence-electron chi connectivity index (χ3n) is 3.83. The summed E-state index contributed by atoms with van der Waals surface area (Å²) < 4.78 is 6.32. The van der Waals surface area contributed by atoms with Crippen LogP contribution in [-0.2, 0) is 0 Å². The molecule has 1 heterocycles. The molecule has 1 amide bonds. The van der Waals surface area contributed by atoms with E-state index >= 15 is 0 Å². The van der Waals surface area contributed by atoms with Gasteiger partial charge in [-0.1, -0.05) is 34.1 Å². The minimum atomic E-state index is -0.463. The highest BCUT2D eigenvalue weighted by molar-refractivity contribution is 9.10. The van der Waals surface area contributed by atoms with E-state index in [1.165, 1.54) is 12.4 Å². The molecular weight excluding hydrogens is 422 g/mol. The molecule has 0 atom stereocenters. The first-order valence-electron chi connectivity index (χ1n) is 8.35. The van der Waals surface area contributed by atoms with Crippen molar-refractivity contribution in [1.82, 2.24) is 10.4 Å². The summed E-state index contributed by atoms with van der Waals surface area (Å²) in [5.41, 5.74) is 4.65. The van der Waals surface area contributed by atoms with Gasteiger partial charge < -0.3 is 4.74 Å². The van der Waals surface area contributed by atoms with Crippen LogP contribution in [0.25, 0.3) is 0 Å². The predicted molar refractivity (Wildman–Crippen MR) is 110 cm³/mol. The highest BCUT2D eigenvalue weighted by Gasteiger charge is 2.13. The Morgan fingerprint density at radius 1 is 1.14 bits per heavy atom. The normalized spacial score (nSPS) is 10.6. The van der Waals surface area contributed by atoms with E-state index in [-0.39, 0.29) is 0 Å². The Labute approximate surface area is 170 Å². The van der Waals surface area contributed by atoms with Gasteiger partial charge in [-0.15, -0.1) is 0 Å². The number of amides is 1. The molecule has 0 aliphatic heterocycles. The molecule has 0 radical (unpaired) electrons. The fraction of sp³-hybridized carbons (Fsp3) is 0.0476. The second-order valence-corrected chi connectivity index (χ2v) is 6.74. The minimum Gasteiger partial charge on any atom is -0.422 e. The van der Waals surface area contributed by atoms with Crippen LogP contribution < -0.4 is 10.2 Å². The highest BCUT2D eigenvalue weighted by Crippen LogP contribution is 2.23. The maximum Gasteiger partial charge on any atom is 0.343 e. The first-order chi connectivity index (χ1) is 13.5. The zero-order valence-corrected chi connectivity index (χ0v) is 16.5. The van der Waals surface area contributed by atoms with Gasteiger partial charge in [0.15, 0.2) is 0 Å². The van der Waals surface area contributed by atoms with Crippen LogP contribution in [0.1, 0.15) is 31.8 Å². The number of aryl methyl sites for hydroxylation is 1. The lowest BCUT2D eigenvalue weighted by atomic mass is 10.1. The number of hydrogen-bond donors (Lipinski definition) is 1. The number of ether oxygens (including phenoxy) is 1.